The molecule has 1 aliphatic rings. The maximum absolute atomic E-state index is 5.37. The van der Waals surface area contributed by atoms with Gasteiger partial charge in [0.2, 0.25) is 0 Å². The number of dihydropyridines is 1. The van der Waals surface area contributed by atoms with Crippen molar-refractivity contribution >= 4 is 32.8 Å². The number of aromatic nitrogens is 1. The van der Waals surface area contributed by atoms with Crippen LogP contribution >= 0.6 is 0 Å². The number of allylic oxidation sites excluding steroid dienone is 1. The highest BCUT2D eigenvalue weighted by atomic mass is 14.8. The van der Waals surface area contributed by atoms with Gasteiger partial charge in [0.15, 0.2) is 0 Å². The van der Waals surface area contributed by atoms with Crippen LogP contribution < -0.4 is 0 Å². The molecule has 0 bridgehead atoms. The molecule has 0 fully saturated rings. The molecule has 11 rings (SSSR count). The standard InChI is InChI=1S/C60H42N2/c1-5-17-41(18-6-1)49-37-57(43-21-9-3-10-22-43)61-59(39-49)47-27-13-25-45(35-47)51-29-15-31-53-54-32-16-30-52(56(54)34-33-55(51)53)46-26-14-28-48(36-46)60-40-50(42-19-7-2-8-20-42)38-58(62-60)44-23-11-4-12-24-44/h1-37,39-40,58H,38H2. The monoisotopic (exact) mass is 790 g/mol. The van der Waals surface area contributed by atoms with Crippen molar-refractivity contribution < 1.29 is 0 Å². The molecule has 2 heterocycles. The number of nitrogens with zero attached hydrogens (tertiary/aromatic N) is 2. The molecule has 62 heavy (non-hydrogen) atoms. The molecule has 2 nitrogen and oxygen atoms in total. The van der Waals surface area contributed by atoms with Crippen molar-refractivity contribution in [3.63, 3.8) is 0 Å². The molecule has 0 aliphatic carbocycles. The SMILES string of the molecule is C1=C(c2ccccc2)CC(c2ccccc2)N=C1c1cccc(-c2cccc3c2ccc2c(-c4cccc(-c5cc(-c6ccccc6)cc(-c6ccccc6)n5)c4)cccc23)c1. The molecule has 0 spiro atoms. The Kier molecular flexibility index (Phi) is 9.72. The number of fused-ring (bicyclic) bond motifs is 3. The Morgan fingerprint density at radius 1 is 0.323 bits per heavy atom. The third-order valence-corrected chi connectivity index (χ3v) is 12.2. The van der Waals surface area contributed by atoms with E-state index in [-0.39, 0.29) is 6.04 Å². The molecule has 0 saturated carbocycles. The van der Waals surface area contributed by atoms with E-state index >= 15 is 0 Å². The molecule has 9 aromatic carbocycles. The predicted molar refractivity (Wildman–Crippen MR) is 261 cm³/mol. The second kappa shape index (κ2) is 16.3. The van der Waals surface area contributed by atoms with Crippen molar-refractivity contribution in [3.05, 3.63) is 253 Å². The highest BCUT2D eigenvalue weighted by Crippen LogP contribution is 2.40. The fraction of sp³-hybridized carbons (Fsp3) is 0.0333. The van der Waals surface area contributed by atoms with E-state index in [4.69, 9.17) is 9.98 Å². The van der Waals surface area contributed by atoms with Gasteiger partial charge in [-0.15, -0.1) is 0 Å². The number of hydrogen-bond acceptors (Lipinski definition) is 2. The molecule has 0 N–H and O–H groups in total. The molecular weight excluding hydrogens is 749 g/mol. The lowest BCUT2D eigenvalue weighted by atomic mass is 9.88. The van der Waals surface area contributed by atoms with Crippen molar-refractivity contribution in [1.82, 2.24) is 4.98 Å². The van der Waals surface area contributed by atoms with Gasteiger partial charge >= 0.3 is 0 Å². The Labute approximate surface area is 362 Å². The normalized spacial score (nSPS) is 13.8. The average Bonchev–Trinajstić information content (AvgIpc) is 3.36. The molecular formula is C60H42N2. The van der Waals surface area contributed by atoms with Crippen LogP contribution in [0.25, 0.3) is 83.0 Å². The Morgan fingerprint density at radius 2 is 0.790 bits per heavy atom. The topological polar surface area (TPSA) is 25.2 Å². The van der Waals surface area contributed by atoms with E-state index in [1.807, 2.05) is 0 Å². The second-order valence-corrected chi connectivity index (χ2v) is 16.1. The van der Waals surface area contributed by atoms with Gasteiger partial charge in [-0.05, 0) is 108 Å². The number of hydrogen-bond donors (Lipinski definition) is 0. The van der Waals surface area contributed by atoms with E-state index in [0.29, 0.717) is 0 Å². The summed E-state index contributed by atoms with van der Waals surface area (Å²) < 4.78 is 0. The highest BCUT2D eigenvalue weighted by molar-refractivity contribution is 6.17. The number of rotatable bonds is 8. The van der Waals surface area contributed by atoms with Crippen molar-refractivity contribution in [3.8, 4) is 55.9 Å². The maximum Gasteiger partial charge on any atom is 0.0796 e. The quantitative estimate of drug-likeness (QED) is 0.141. The summed E-state index contributed by atoms with van der Waals surface area (Å²) in [5.41, 5.74) is 17.1. The van der Waals surface area contributed by atoms with E-state index in [2.05, 4.69) is 237 Å². The van der Waals surface area contributed by atoms with Crippen LogP contribution in [0, 0.1) is 0 Å². The molecule has 2 heteroatoms. The zero-order valence-corrected chi connectivity index (χ0v) is 34.2. The van der Waals surface area contributed by atoms with Crippen LogP contribution in [0.4, 0.5) is 0 Å². The smallest absolute Gasteiger partial charge is 0.0796 e. The van der Waals surface area contributed by atoms with E-state index in [0.717, 1.165) is 51.3 Å². The summed E-state index contributed by atoms with van der Waals surface area (Å²) in [5, 5.41) is 4.92. The fourth-order valence-corrected chi connectivity index (χ4v) is 9.12. The molecule has 0 saturated heterocycles. The minimum absolute atomic E-state index is 0.0522. The third-order valence-electron chi connectivity index (χ3n) is 12.2. The summed E-state index contributed by atoms with van der Waals surface area (Å²) in [4.78, 5) is 10.6. The van der Waals surface area contributed by atoms with Gasteiger partial charge in [0.1, 0.15) is 0 Å². The lowest BCUT2D eigenvalue weighted by molar-refractivity contribution is 0.748. The van der Waals surface area contributed by atoms with Crippen LogP contribution in [0.15, 0.2) is 242 Å². The van der Waals surface area contributed by atoms with Crippen molar-refractivity contribution in [2.75, 3.05) is 0 Å². The minimum atomic E-state index is 0.0522. The first-order chi connectivity index (χ1) is 30.7. The molecule has 292 valence electrons. The molecule has 0 radical (unpaired) electrons. The van der Waals surface area contributed by atoms with Crippen molar-refractivity contribution in [2.24, 2.45) is 4.99 Å². The molecule has 10 aromatic rings. The first-order valence-corrected chi connectivity index (χ1v) is 21.4. The second-order valence-electron chi connectivity index (χ2n) is 16.1. The van der Waals surface area contributed by atoms with Crippen molar-refractivity contribution in [2.45, 2.75) is 12.5 Å². The van der Waals surface area contributed by atoms with Crippen LogP contribution in [0.2, 0.25) is 0 Å². The first-order valence-electron chi connectivity index (χ1n) is 21.4. The lowest BCUT2D eigenvalue weighted by Gasteiger charge is -2.23. The summed E-state index contributed by atoms with van der Waals surface area (Å²) in [6.07, 6.45) is 3.16. The lowest BCUT2D eigenvalue weighted by Crippen LogP contribution is -2.10. The largest absolute Gasteiger partial charge is 0.276 e. The zero-order valence-electron chi connectivity index (χ0n) is 34.2. The fourth-order valence-electron chi connectivity index (χ4n) is 9.12. The van der Waals surface area contributed by atoms with Crippen LogP contribution in [-0.4, -0.2) is 10.7 Å². The van der Waals surface area contributed by atoms with Crippen LogP contribution in [0.1, 0.15) is 29.2 Å². The van der Waals surface area contributed by atoms with Gasteiger partial charge in [-0.3, -0.25) is 4.99 Å². The number of aliphatic imine (C=N–C) groups is 1. The summed E-state index contributed by atoms with van der Waals surface area (Å²) in [7, 11) is 0. The van der Waals surface area contributed by atoms with Crippen LogP contribution in [-0.2, 0) is 0 Å². The summed E-state index contributed by atoms with van der Waals surface area (Å²) in [6, 6.07) is 82.7. The third kappa shape index (κ3) is 7.23. The van der Waals surface area contributed by atoms with Gasteiger partial charge in [-0.2, -0.15) is 0 Å². The molecule has 1 aliphatic heterocycles. The zero-order chi connectivity index (χ0) is 41.2. The van der Waals surface area contributed by atoms with Gasteiger partial charge in [0.05, 0.1) is 23.1 Å². The van der Waals surface area contributed by atoms with E-state index in [9.17, 15) is 0 Å². The van der Waals surface area contributed by atoms with Gasteiger partial charge in [0, 0.05) is 16.7 Å². The Balaban J connectivity index is 0.976. The van der Waals surface area contributed by atoms with Gasteiger partial charge < -0.3 is 0 Å². The summed E-state index contributed by atoms with van der Waals surface area (Å²) >= 11 is 0. The molecule has 1 aromatic heterocycles. The Hall–Kier alpha value is -7.94. The summed E-state index contributed by atoms with van der Waals surface area (Å²) in [6.45, 7) is 0. The number of benzene rings is 9. The average molecular weight is 791 g/mol. The Morgan fingerprint density at radius 3 is 1.40 bits per heavy atom. The highest BCUT2D eigenvalue weighted by Gasteiger charge is 2.21. The minimum Gasteiger partial charge on any atom is -0.276 e. The maximum atomic E-state index is 5.37. The number of pyridine rings is 1. The predicted octanol–water partition coefficient (Wildman–Crippen LogP) is 15.7. The van der Waals surface area contributed by atoms with E-state index in [1.165, 1.54) is 60.5 Å². The van der Waals surface area contributed by atoms with E-state index < -0.39 is 0 Å². The molecule has 1 unspecified atom stereocenters. The van der Waals surface area contributed by atoms with E-state index in [1.54, 1.807) is 0 Å². The van der Waals surface area contributed by atoms with Crippen LogP contribution in [0.5, 0.6) is 0 Å². The van der Waals surface area contributed by atoms with Crippen LogP contribution in [0.3, 0.4) is 0 Å². The molecule has 0 amide bonds. The van der Waals surface area contributed by atoms with Gasteiger partial charge in [0.25, 0.3) is 0 Å². The van der Waals surface area contributed by atoms with Crippen molar-refractivity contribution in [1.29, 1.82) is 0 Å². The molecule has 1 atom stereocenters. The summed E-state index contributed by atoms with van der Waals surface area (Å²) in [5.74, 6) is 0. The first kappa shape index (κ1) is 37.1. The Bertz CT molecular complexity index is 3240. The van der Waals surface area contributed by atoms with Gasteiger partial charge in [-0.1, -0.05) is 206 Å². The van der Waals surface area contributed by atoms with Gasteiger partial charge in [-0.25, -0.2) is 4.98 Å².